The van der Waals surface area contributed by atoms with E-state index in [0.29, 0.717) is 42.5 Å². The predicted octanol–water partition coefficient (Wildman–Crippen LogP) is 2.69. The van der Waals surface area contributed by atoms with Crippen molar-refractivity contribution in [2.45, 2.75) is 50.9 Å². The summed E-state index contributed by atoms with van der Waals surface area (Å²) in [6, 6.07) is 15.1. The Morgan fingerprint density at radius 1 is 1.07 bits per heavy atom. The Kier molecular flexibility index (Phi) is 7.12. The van der Waals surface area contributed by atoms with Gasteiger partial charge in [0.1, 0.15) is 23.6 Å². The summed E-state index contributed by atoms with van der Waals surface area (Å²) < 4.78 is 9.14. The van der Waals surface area contributed by atoms with Crippen LogP contribution in [0.4, 0.5) is 0 Å². The first-order chi connectivity index (χ1) is 19.4. The van der Waals surface area contributed by atoms with Crippen molar-refractivity contribution in [1.29, 1.82) is 0 Å². The van der Waals surface area contributed by atoms with Crippen molar-refractivity contribution >= 4 is 16.9 Å². The first kappa shape index (κ1) is 26.2. The number of nitrogens with zero attached hydrogens (tertiary/aromatic N) is 5. The number of likely N-dealkylation sites (tertiary alicyclic amines) is 1. The normalized spacial score (nSPS) is 17.7. The van der Waals surface area contributed by atoms with Gasteiger partial charge in [-0.05, 0) is 82.1 Å². The zero-order valence-electron chi connectivity index (χ0n) is 22.6. The first-order valence-corrected chi connectivity index (χ1v) is 13.9. The number of benzene rings is 2. The highest BCUT2D eigenvalue weighted by atomic mass is 16.5. The summed E-state index contributed by atoms with van der Waals surface area (Å²) in [7, 11) is 0. The van der Waals surface area contributed by atoms with Gasteiger partial charge in [-0.2, -0.15) is 5.10 Å². The number of aryl methyl sites for hydroxylation is 1. The molecule has 208 valence electrons. The fraction of sp³-hybridized carbons (Fsp3) is 0.400. The molecule has 0 saturated carbocycles. The van der Waals surface area contributed by atoms with Crippen LogP contribution in [-0.2, 0) is 6.54 Å². The van der Waals surface area contributed by atoms with E-state index in [0.717, 1.165) is 42.9 Å². The van der Waals surface area contributed by atoms with Gasteiger partial charge in [-0.25, -0.2) is 9.67 Å². The molecule has 0 atom stereocenters. The fourth-order valence-electron chi connectivity index (χ4n) is 5.50. The molecule has 1 amide bonds. The van der Waals surface area contributed by atoms with Crippen molar-refractivity contribution in [1.82, 2.24) is 29.5 Å². The van der Waals surface area contributed by atoms with E-state index in [1.807, 2.05) is 43.3 Å². The van der Waals surface area contributed by atoms with E-state index < -0.39 is 5.60 Å². The third kappa shape index (κ3) is 5.37. The Morgan fingerprint density at radius 3 is 2.48 bits per heavy atom. The Bertz CT molecular complexity index is 1550. The van der Waals surface area contributed by atoms with Gasteiger partial charge in [-0.1, -0.05) is 17.7 Å². The quantitative estimate of drug-likeness (QED) is 0.385. The minimum Gasteiger partial charge on any atom is -0.490 e. The topological polar surface area (TPSA) is 115 Å². The molecule has 2 fully saturated rings. The molecule has 4 heterocycles. The van der Waals surface area contributed by atoms with Crippen LogP contribution < -0.4 is 15.6 Å². The van der Waals surface area contributed by atoms with Crippen LogP contribution in [0.25, 0.3) is 16.7 Å². The SMILES string of the molecule is Cc1ccc(-n2ncc3c(=O)n(CC4(O)CCN(C(=O)c5ccc(OC6CCNCC6)cc5)CC4)cnc32)cc1. The molecule has 10 nitrogen and oxygen atoms in total. The van der Waals surface area contributed by atoms with Gasteiger partial charge in [0.05, 0.1) is 24.0 Å². The van der Waals surface area contributed by atoms with Gasteiger partial charge in [-0.3, -0.25) is 14.2 Å². The molecule has 2 aliphatic rings. The second-order valence-electron chi connectivity index (χ2n) is 10.9. The molecule has 0 unspecified atom stereocenters. The number of amides is 1. The molecular weight excluding hydrogens is 508 g/mol. The smallest absolute Gasteiger partial charge is 0.264 e. The van der Waals surface area contributed by atoms with Crippen molar-refractivity contribution in [3.63, 3.8) is 0 Å². The lowest BCUT2D eigenvalue weighted by atomic mass is 9.91. The average Bonchev–Trinajstić information content (AvgIpc) is 3.41. The fourth-order valence-corrected chi connectivity index (χ4v) is 5.50. The number of hydrogen-bond donors (Lipinski definition) is 2. The Hall–Kier alpha value is -4.02. The lowest BCUT2D eigenvalue weighted by Gasteiger charge is -2.38. The minimum atomic E-state index is -1.12. The molecule has 6 rings (SSSR count). The molecule has 0 bridgehead atoms. The predicted molar refractivity (Wildman–Crippen MR) is 151 cm³/mol. The maximum absolute atomic E-state index is 13.2. The van der Waals surface area contributed by atoms with E-state index in [2.05, 4.69) is 15.4 Å². The van der Waals surface area contributed by atoms with E-state index >= 15 is 0 Å². The van der Waals surface area contributed by atoms with E-state index in [-0.39, 0.29) is 24.1 Å². The van der Waals surface area contributed by atoms with E-state index in [4.69, 9.17) is 4.74 Å². The van der Waals surface area contributed by atoms with Crippen molar-refractivity contribution in [2.24, 2.45) is 0 Å². The number of piperidine rings is 2. The van der Waals surface area contributed by atoms with Gasteiger partial charge in [0.2, 0.25) is 0 Å². The van der Waals surface area contributed by atoms with Gasteiger partial charge >= 0.3 is 0 Å². The summed E-state index contributed by atoms with van der Waals surface area (Å²) in [5.74, 6) is 0.705. The first-order valence-electron chi connectivity index (χ1n) is 13.9. The van der Waals surface area contributed by atoms with Crippen LogP contribution in [0.1, 0.15) is 41.6 Å². The van der Waals surface area contributed by atoms with E-state index in [9.17, 15) is 14.7 Å². The highest BCUT2D eigenvalue weighted by Gasteiger charge is 2.35. The number of rotatable bonds is 6. The number of carbonyl (C=O) groups is 1. The molecule has 2 N–H and O–H groups in total. The lowest BCUT2D eigenvalue weighted by Crippen LogP contribution is -2.49. The molecular formula is C30H34N6O4. The monoisotopic (exact) mass is 542 g/mol. The molecule has 0 radical (unpaired) electrons. The number of hydrogen-bond acceptors (Lipinski definition) is 7. The van der Waals surface area contributed by atoms with Crippen molar-refractivity contribution in [3.8, 4) is 11.4 Å². The van der Waals surface area contributed by atoms with Crippen LogP contribution in [0.2, 0.25) is 0 Å². The van der Waals surface area contributed by atoms with Crippen LogP contribution in [-0.4, -0.2) is 73.1 Å². The number of nitrogens with one attached hydrogen (secondary N) is 1. The maximum Gasteiger partial charge on any atom is 0.264 e. The zero-order valence-corrected chi connectivity index (χ0v) is 22.6. The standard InChI is InChI=1S/C30H34N6O4/c1-21-2-6-23(7-3-21)36-27-26(18-33-36)29(38)35(20-32-27)19-30(39)12-16-34(17-13-30)28(37)22-4-8-24(9-5-22)40-25-10-14-31-15-11-25/h2-9,18,20,25,31,39H,10-17,19H2,1H3. The van der Waals surface area contributed by atoms with E-state index in [1.165, 1.54) is 17.1 Å². The maximum atomic E-state index is 13.2. The van der Waals surface area contributed by atoms with Gasteiger partial charge in [0.15, 0.2) is 5.65 Å². The van der Waals surface area contributed by atoms with Gasteiger partial charge < -0.3 is 20.1 Å². The number of aromatic nitrogens is 4. The van der Waals surface area contributed by atoms with E-state index in [1.54, 1.807) is 21.7 Å². The lowest BCUT2D eigenvalue weighted by molar-refractivity contribution is -0.0299. The van der Waals surface area contributed by atoms with Crippen molar-refractivity contribution in [3.05, 3.63) is 82.5 Å². The largest absolute Gasteiger partial charge is 0.490 e. The van der Waals surface area contributed by atoms with Crippen molar-refractivity contribution in [2.75, 3.05) is 26.2 Å². The molecule has 2 aromatic carbocycles. The second kappa shape index (κ2) is 10.9. The third-order valence-electron chi connectivity index (χ3n) is 7.97. The zero-order chi connectivity index (χ0) is 27.7. The Morgan fingerprint density at radius 2 is 1.77 bits per heavy atom. The average molecular weight is 543 g/mol. The van der Waals surface area contributed by atoms with Crippen LogP contribution in [0.5, 0.6) is 5.75 Å². The molecule has 4 aromatic rings. The number of aliphatic hydroxyl groups is 1. The summed E-state index contributed by atoms with van der Waals surface area (Å²) in [4.78, 5) is 32.6. The Balaban J connectivity index is 1.09. The molecule has 0 spiro atoms. The summed E-state index contributed by atoms with van der Waals surface area (Å²) in [6.07, 6.45) is 5.88. The summed E-state index contributed by atoms with van der Waals surface area (Å²) >= 11 is 0. The van der Waals surface area contributed by atoms with Gasteiger partial charge in [0, 0.05) is 18.7 Å². The summed E-state index contributed by atoms with van der Waals surface area (Å²) in [6.45, 7) is 4.84. The summed E-state index contributed by atoms with van der Waals surface area (Å²) in [5.41, 5.74) is 1.67. The number of carbonyl (C=O) groups excluding carboxylic acids is 1. The summed E-state index contributed by atoms with van der Waals surface area (Å²) in [5, 5.41) is 19.4. The highest BCUT2D eigenvalue weighted by molar-refractivity contribution is 5.94. The Labute approximate surface area is 232 Å². The number of ether oxygens (including phenoxy) is 1. The van der Waals surface area contributed by atoms with Crippen LogP contribution in [0, 0.1) is 6.92 Å². The second-order valence-corrected chi connectivity index (χ2v) is 10.9. The molecule has 2 aliphatic heterocycles. The third-order valence-corrected chi connectivity index (χ3v) is 7.97. The van der Waals surface area contributed by atoms with Crippen LogP contribution in [0.15, 0.2) is 65.8 Å². The molecule has 2 saturated heterocycles. The van der Waals surface area contributed by atoms with Crippen LogP contribution >= 0.6 is 0 Å². The minimum absolute atomic E-state index is 0.0701. The molecule has 0 aliphatic carbocycles. The van der Waals surface area contributed by atoms with Gasteiger partial charge in [-0.15, -0.1) is 0 Å². The molecule has 10 heteroatoms. The molecule has 40 heavy (non-hydrogen) atoms. The van der Waals surface area contributed by atoms with Crippen molar-refractivity contribution < 1.29 is 14.6 Å². The number of fused-ring (bicyclic) bond motifs is 1. The van der Waals surface area contributed by atoms with Gasteiger partial charge in [0.25, 0.3) is 11.5 Å². The highest BCUT2D eigenvalue weighted by Crippen LogP contribution is 2.26. The van der Waals surface area contributed by atoms with Crippen LogP contribution in [0.3, 0.4) is 0 Å². The molecule has 2 aromatic heterocycles.